The van der Waals surface area contributed by atoms with Crippen LogP contribution in [0.3, 0.4) is 0 Å². The number of nitrogens with zero attached hydrogens (tertiary/aromatic N) is 3. The van der Waals surface area contributed by atoms with Crippen LogP contribution in [0.4, 0.5) is 0 Å². The van der Waals surface area contributed by atoms with Gasteiger partial charge >= 0.3 is 0 Å². The molecule has 0 spiro atoms. The summed E-state index contributed by atoms with van der Waals surface area (Å²) in [4.78, 5) is 17.0. The van der Waals surface area contributed by atoms with E-state index in [1.54, 1.807) is 6.07 Å². The number of aryl methyl sites for hydroxylation is 2. The Bertz CT molecular complexity index is 786. The Morgan fingerprint density at radius 1 is 1.11 bits per heavy atom. The molecule has 0 saturated carbocycles. The van der Waals surface area contributed by atoms with Gasteiger partial charge in [0.25, 0.3) is 0 Å². The minimum Gasteiger partial charge on any atom is -0.339 e. The van der Waals surface area contributed by atoms with Crippen molar-refractivity contribution in [3.05, 3.63) is 29.3 Å². The number of hydrogen-bond acceptors (Lipinski definition) is 4. The molecule has 6 nitrogen and oxygen atoms in total. The summed E-state index contributed by atoms with van der Waals surface area (Å²) in [7, 11) is -3.51. The van der Waals surface area contributed by atoms with E-state index in [9.17, 15) is 13.2 Å². The Morgan fingerprint density at radius 3 is 2.48 bits per heavy atom. The Hall–Kier alpha value is -1.44. The maximum absolute atomic E-state index is 13.0. The standard InChI is InChI=1S/C20H31N3O3S/c1-16-6-7-18(3)19(13-16)27(25,26)23-11-9-22(10-12-23)20(24)15-21-8-4-5-17(2)14-21/h6-7,13,17H,4-5,8-12,14-15H2,1-3H3/t17-/m1/s1. The molecule has 3 rings (SSSR count). The number of piperidine rings is 1. The van der Waals surface area contributed by atoms with Crippen molar-refractivity contribution in [3.63, 3.8) is 0 Å². The van der Waals surface area contributed by atoms with E-state index in [0.717, 1.165) is 30.6 Å². The average Bonchev–Trinajstić information content (AvgIpc) is 2.63. The summed E-state index contributed by atoms with van der Waals surface area (Å²) < 4.78 is 27.5. The van der Waals surface area contributed by atoms with Gasteiger partial charge in [-0.3, -0.25) is 9.69 Å². The van der Waals surface area contributed by atoms with E-state index in [2.05, 4.69) is 11.8 Å². The van der Waals surface area contributed by atoms with Gasteiger partial charge < -0.3 is 4.90 Å². The quantitative estimate of drug-likeness (QED) is 0.784. The lowest BCUT2D eigenvalue weighted by atomic mass is 10.0. The number of hydrogen-bond donors (Lipinski definition) is 0. The van der Waals surface area contributed by atoms with E-state index in [-0.39, 0.29) is 5.91 Å². The number of carbonyl (C=O) groups is 1. The second-order valence-electron chi connectivity index (χ2n) is 8.04. The van der Waals surface area contributed by atoms with Crippen molar-refractivity contribution in [3.8, 4) is 0 Å². The van der Waals surface area contributed by atoms with Crippen LogP contribution in [0.1, 0.15) is 30.9 Å². The molecule has 2 fully saturated rings. The van der Waals surface area contributed by atoms with E-state index >= 15 is 0 Å². The number of benzene rings is 1. The first-order valence-corrected chi connectivity index (χ1v) is 11.3. The molecule has 1 aromatic carbocycles. The van der Waals surface area contributed by atoms with Gasteiger partial charge in [0.05, 0.1) is 11.4 Å². The van der Waals surface area contributed by atoms with Crippen molar-refractivity contribution in [1.29, 1.82) is 0 Å². The van der Waals surface area contributed by atoms with Crippen molar-refractivity contribution in [2.24, 2.45) is 5.92 Å². The maximum Gasteiger partial charge on any atom is 0.243 e. The fraction of sp³-hybridized carbons (Fsp3) is 0.650. The Morgan fingerprint density at radius 2 is 1.81 bits per heavy atom. The molecule has 0 N–H and O–H groups in total. The summed E-state index contributed by atoms with van der Waals surface area (Å²) in [5.74, 6) is 0.763. The van der Waals surface area contributed by atoms with E-state index < -0.39 is 10.0 Å². The monoisotopic (exact) mass is 393 g/mol. The van der Waals surface area contributed by atoms with Crippen LogP contribution in [0.2, 0.25) is 0 Å². The molecular formula is C20H31N3O3S. The van der Waals surface area contributed by atoms with Crippen LogP contribution >= 0.6 is 0 Å². The third kappa shape index (κ3) is 4.70. The minimum atomic E-state index is -3.51. The highest BCUT2D eigenvalue weighted by Gasteiger charge is 2.31. The lowest BCUT2D eigenvalue weighted by Crippen LogP contribution is -2.53. The molecule has 2 aliphatic rings. The molecule has 2 heterocycles. The molecule has 0 aromatic heterocycles. The van der Waals surface area contributed by atoms with Gasteiger partial charge in [-0.25, -0.2) is 8.42 Å². The zero-order chi connectivity index (χ0) is 19.6. The highest BCUT2D eigenvalue weighted by molar-refractivity contribution is 7.89. The summed E-state index contributed by atoms with van der Waals surface area (Å²) >= 11 is 0. The number of likely N-dealkylation sites (tertiary alicyclic amines) is 1. The van der Waals surface area contributed by atoms with E-state index in [0.29, 0.717) is 43.5 Å². The van der Waals surface area contributed by atoms with Gasteiger partial charge in [-0.1, -0.05) is 19.1 Å². The lowest BCUT2D eigenvalue weighted by Gasteiger charge is -2.36. The van der Waals surface area contributed by atoms with Crippen LogP contribution in [0.5, 0.6) is 0 Å². The van der Waals surface area contributed by atoms with Crippen LogP contribution in [-0.2, 0) is 14.8 Å². The minimum absolute atomic E-state index is 0.118. The zero-order valence-corrected chi connectivity index (χ0v) is 17.5. The van der Waals surface area contributed by atoms with Crippen LogP contribution in [0, 0.1) is 19.8 Å². The first-order chi connectivity index (χ1) is 12.8. The SMILES string of the molecule is Cc1ccc(C)c(S(=O)(=O)N2CCN(C(=O)CN3CCC[C@@H](C)C3)CC2)c1. The van der Waals surface area contributed by atoms with E-state index in [1.807, 2.05) is 30.9 Å². The van der Waals surface area contributed by atoms with Crippen LogP contribution in [0.15, 0.2) is 23.1 Å². The van der Waals surface area contributed by atoms with Crippen molar-refractivity contribution >= 4 is 15.9 Å². The summed E-state index contributed by atoms with van der Waals surface area (Å²) in [6.07, 6.45) is 2.38. The molecule has 2 aliphatic heterocycles. The molecular weight excluding hydrogens is 362 g/mol. The predicted octanol–water partition coefficient (Wildman–Crippen LogP) is 1.87. The van der Waals surface area contributed by atoms with Gasteiger partial charge in [-0.15, -0.1) is 0 Å². The molecule has 0 unspecified atom stereocenters. The molecule has 2 saturated heterocycles. The normalized spacial score (nSPS) is 22.8. The van der Waals surface area contributed by atoms with Gasteiger partial charge in [0.2, 0.25) is 15.9 Å². The summed E-state index contributed by atoms with van der Waals surface area (Å²) in [6, 6.07) is 5.51. The van der Waals surface area contributed by atoms with Crippen molar-refractivity contribution in [2.45, 2.75) is 38.5 Å². The summed E-state index contributed by atoms with van der Waals surface area (Å²) in [5.41, 5.74) is 1.70. The number of amides is 1. The maximum atomic E-state index is 13.0. The Balaban J connectivity index is 1.59. The molecule has 7 heteroatoms. The third-order valence-corrected chi connectivity index (χ3v) is 7.69. The van der Waals surface area contributed by atoms with Gasteiger partial charge in [0.1, 0.15) is 0 Å². The van der Waals surface area contributed by atoms with Crippen LogP contribution in [0.25, 0.3) is 0 Å². The van der Waals surface area contributed by atoms with Crippen molar-refractivity contribution < 1.29 is 13.2 Å². The zero-order valence-electron chi connectivity index (χ0n) is 16.6. The largest absolute Gasteiger partial charge is 0.339 e. The number of sulfonamides is 1. The number of carbonyl (C=O) groups excluding carboxylic acids is 1. The number of piperazine rings is 1. The molecule has 0 aliphatic carbocycles. The van der Waals surface area contributed by atoms with Crippen molar-refractivity contribution in [1.82, 2.24) is 14.1 Å². The van der Waals surface area contributed by atoms with Crippen LogP contribution in [-0.4, -0.2) is 74.2 Å². The fourth-order valence-corrected chi connectivity index (χ4v) is 5.76. The molecule has 1 amide bonds. The van der Waals surface area contributed by atoms with Gasteiger partial charge in [0, 0.05) is 32.7 Å². The smallest absolute Gasteiger partial charge is 0.243 e. The van der Waals surface area contributed by atoms with Gasteiger partial charge in [-0.2, -0.15) is 4.31 Å². The molecule has 0 bridgehead atoms. The predicted molar refractivity (Wildman–Crippen MR) is 106 cm³/mol. The fourth-order valence-electron chi connectivity index (χ4n) is 4.02. The van der Waals surface area contributed by atoms with Gasteiger partial charge in [0.15, 0.2) is 0 Å². The first-order valence-electron chi connectivity index (χ1n) is 9.85. The average molecular weight is 394 g/mol. The molecule has 150 valence electrons. The first kappa shape index (κ1) is 20.3. The van der Waals surface area contributed by atoms with E-state index in [4.69, 9.17) is 0 Å². The molecule has 1 aromatic rings. The highest BCUT2D eigenvalue weighted by Crippen LogP contribution is 2.22. The second-order valence-corrected chi connectivity index (χ2v) is 9.94. The van der Waals surface area contributed by atoms with E-state index in [1.165, 1.54) is 10.7 Å². The van der Waals surface area contributed by atoms with Crippen LogP contribution < -0.4 is 0 Å². The molecule has 27 heavy (non-hydrogen) atoms. The molecule has 1 atom stereocenters. The lowest BCUT2D eigenvalue weighted by molar-refractivity contribution is -0.134. The summed E-state index contributed by atoms with van der Waals surface area (Å²) in [6.45, 7) is 10.0. The summed E-state index contributed by atoms with van der Waals surface area (Å²) in [5, 5.41) is 0. The Kier molecular flexibility index (Phi) is 6.23. The number of rotatable bonds is 4. The highest BCUT2D eigenvalue weighted by atomic mass is 32.2. The van der Waals surface area contributed by atoms with Gasteiger partial charge in [-0.05, 0) is 56.3 Å². The molecule has 0 radical (unpaired) electrons. The topological polar surface area (TPSA) is 60.9 Å². The Labute approximate surface area is 163 Å². The second kappa shape index (κ2) is 8.29. The third-order valence-electron chi connectivity index (χ3n) is 5.65. The van der Waals surface area contributed by atoms with Crippen molar-refractivity contribution in [2.75, 3.05) is 45.8 Å².